The van der Waals surface area contributed by atoms with Gasteiger partial charge in [0.25, 0.3) is 0 Å². The Balaban J connectivity index is 2.31. The van der Waals surface area contributed by atoms with Gasteiger partial charge in [-0.3, -0.25) is 0 Å². The lowest BCUT2D eigenvalue weighted by Gasteiger charge is -2.17. The van der Waals surface area contributed by atoms with Gasteiger partial charge in [-0.05, 0) is 6.42 Å². The Morgan fingerprint density at radius 1 is 1.40 bits per heavy atom. The predicted octanol–water partition coefficient (Wildman–Crippen LogP) is 3.46. The van der Waals surface area contributed by atoms with E-state index in [1.165, 1.54) is 0 Å². The maximum absolute atomic E-state index is 5.86. The van der Waals surface area contributed by atoms with Crippen molar-refractivity contribution in [3.8, 4) is 0 Å². The minimum atomic E-state index is -0.419. The Kier molecular flexibility index (Phi) is 2.22. The van der Waals surface area contributed by atoms with E-state index in [1.807, 2.05) is 11.8 Å². The van der Waals surface area contributed by atoms with E-state index >= 15 is 0 Å². The van der Waals surface area contributed by atoms with Gasteiger partial charge in [0.05, 0.1) is 0 Å². The smallest absolute Gasteiger partial charge is 0.131 e. The van der Waals surface area contributed by atoms with Gasteiger partial charge in [0.2, 0.25) is 0 Å². The molecule has 1 atom stereocenters. The normalized spacial score (nSPS) is 30.3. The topological polar surface area (TPSA) is 0 Å². The van der Waals surface area contributed by atoms with E-state index in [1.54, 1.807) is 0 Å². The second-order valence-electron chi connectivity index (χ2n) is 3.68. The summed E-state index contributed by atoms with van der Waals surface area (Å²) in [6.45, 7) is 6.54. The van der Waals surface area contributed by atoms with Gasteiger partial charge in [-0.1, -0.05) is 20.8 Å². The first-order valence-corrected chi connectivity index (χ1v) is 5.00. The average Bonchev–Trinajstić information content (AvgIpc) is 2.05. The Hall–Kier alpha value is 0.930. The van der Waals surface area contributed by atoms with Crippen LogP contribution >= 0.6 is 35.0 Å². The Bertz CT molecular complexity index is 137. The van der Waals surface area contributed by atoms with Gasteiger partial charge < -0.3 is 0 Å². The molecule has 0 aliphatic heterocycles. The third-order valence-corrected chi connectivity index (χ3v) is 3.92. The van der Waals surface area contributed by atoms with E-state index in [2.05, 4.69) is 20.8 Å². The molecule has 1 aliphatic rings. The van der Waals surface area contributed by atoms with E-state index in [0.29, 0.717) is 5.25 Å². The zero-order valence-corrected chi connectivity index (χ0v) is 8.78. The van der Waals surface area contributed by atoms with Gasteiger partial charge in [0.1, 0.15) is 4.33 Å². The number of alkyl halides is 2. The van der Waals surface area contributed by atoms with E-state index in [4.69, 9.17) is 23.2 Å². The fraction of sp³-hybridized carbons (Fsp3) is 1.00. The van der Waals surface area contributed by atoms with Crippen LogP contribution in [0.15, 0.2) is 0 Å². The van der Waals surface area contributed by atoms with E-state index in [0.717, 1.165) is 6.42 Å². The number of hydrogen-bond acceptors (Lipinski definition) is 1. The van der Waals surface area contributed by atoms with E-state index in [9.17, 15) is 0 Å². The maximum Gasteiger partial charge on any atom is 0.131 e. The fourth-order valence-electron chi connectivity index (χ4n) is 0.743. The molecule has 60 valence electrons. The third kappa shape index (κ3) is 2.52. The van der Waals surface area contributed by atoms with Gasteiger partial charge in [-0.15, -0.1) is 35.0 Å². The second-order valence-corrected chi connectivity index (χ2v) is 7.26. The summed E-state index contributed by atoms with van der Waals surface area (Å²) >= 11 is 13.6. The van der Waals surface area contributed by atoms with Crippen molar-refractivity contribution < 1.29 is 0 Å². The van der Waals surface area contributed by atoms with Gasteiger partial charge in [0, 0.05) is 10.00 Å². The van der Waals surface area contributed by atoms with Crippen LogP contribution in [0.3, 0.4) is 0 Å². The molecule has 0 radical (unpaired) electrons. The highest BCUT2D eigenvalue weighted by atomic mass is 35.5. The summed E-state index contributed by atoms with van der Waals surface area (Å²) in [6, 6.07) is 0. The van der Waals surface area contributed by atoms with Gasteiger partial charge in [-0.25, -0.2) is 0 Å². The van der Waals surface area contributed by atoms with Crippen molar-refractivity contribution in [2.24, 2.45) is 0 Å². The summed E-state index contributed by atoms with van der Waals surface area (Å²) in [7, 11) is 0. The molecular formula is C7H12Cl2S. The summed E-state index contributed by atoms with van der Waals surface area (Å²) in [6.07, 6.45) is 0.943. The van der Waals surface area contributed by atoms with Crippen LogP contribution in [0.25, 0.3) is 0 Å². The molecule has 3 heteroatoms. The summed E-state index contributed by atoms with van der Waals surface area (Å²) in [5, 5.41) is 0.454. The molecule has 0 aromatic heterocycles. The largest absolute Gasteiger partial charge is 0.149 e. The maximum atomic E-state index is 5.86. The fourth-order valence-corrected chi connectivity index (χ4v) is 2.87. The van der Waals surface area contributed by atoms with Crippen LogP contribution in [0.1, 0.15) is 27.2 Å². The molecule has 1 fully saturated rings. The molecule has 0 amide bonds. The third-order valence-electron chi connectivity index (χ3n) is 1.26. The Labute approximate surface area is 76.7 Å². The van der Waals surface area contributed by atoms with Crippen LogP contribution in [0.2, 0.25) is 0 Å². The predicted molar refractivity (Wildman–Crippen MR) is 50.2 cm³/mol. The minimum absolute atomic E-state index is 0.288. The molecule has 0 saturated heterocycles. The first kappa shape index (κ1) is 9.02. The molecule has 0 bridgehead atoms. The standard InChI is InChI=1S/C7H12Cl2S/c1-6(2,3)10-5-4-7(5,8)9/h5H,4H2,1-3H3. The first-order chi connectivity index (χ1) is 4.31. The molecule has 0 spiro atoms. The van der Waals surface area contributed by atoms with Gasteiger partial charge in [-0.2, -0.15) is 0 Å². The van der Waals surface area contributed by atoms with E-state index < -0.39 is 4.33 Å². The molecule has 0 aromatic carbocycles. The van der Waals surface area contributed by atoms with Crippen molar-refractivity contribution in [3.63, 3.8) is 0 Å². The monoisotopic (exact) mass is 198 g/mol. The minimum Gasteiger partial charge on any atom is -0.149 e. The van der Waals surface area contributed by atoms with Crippen molar-refractivity contribution >= 4 is 35.0 Å². The van der Waals surface area contributed by atoms with Crippen molar-refractivity contribution in [3.05, 3.63) is 0 Å². The quantitative estimate of drug-likeness (QED) is 0.582. The van der Waals surface area contributed by atoms with Gasteiger partial charge >= 0.3 is 0 Å². The number of rotatable bonds is 1. The van der Waals surface area contributed by atoms with Crippen molar-refractivity contribution in [2.75, 3.05) is 0 Å². The van der Waals surface area contributed by atoms with Crippen LogP contribution in [-0.2, 0) is 0 Å². The Morgan fingerprint density at radius 3 is 1.90 bits per heavy atom. The molecule has 1 aliphatic carbocycles. The van der Waals surface area contributed by atoms with Crippen molar-refractivity contribution in [1.82, 2.24) is 0 Å². The van der Waals surface area contributed by atoms with Crippen molar-refractivity contribution in [1.29, 1.82) is 0 Å². The van der Waals surface area contributed by atoms with Crippen LogP contribution in [0.4, 0.5) is 0 Å². The molecule has 0 heterocycles. The van der Waals surface area contributed by atoms with Crippen LogP contribution in [0.5, 0.6) is 0 Å². The highest BCUT2D eigenvalue weighted by molar-refractivity contribution is 8.01. The highest BCUT2D eigenvalue weighted by Crippen LogP contribution is 2.57. The zero-order chi connectivity index (χ0) is 7.99. The summed E-state index contributed by atoms with van der Waals surface area (Å²) < 4.78 is -0.131. The SMILES string of the molecule is CC(C)(C)SC1CC1(Cl)Cl. The second kappa shape index (κ2) is 2.46. The number of thioether (sulfide) groups is 1. The lowest BCUT2D eigenvalue weighted by molar-refractivity contribution is 0.802. The molecule has 1 rings (SSSR count). The summed E-state index contributed by atoms with van der Waals surface area (Å²) in [5.41, 5.74) is 0. The first-order valence-electron chi connectivity index (χ1n) is 3.37. The number of halogens is 2. The Morgan fingerprint density at radius 2 is 1.80 bits per heavy atom. The molecule has 0 N–H and O–H groups in total. The molecular weight excluding hydrogens is 187 g/mol. The number of hydrogen-bond donors (Lipinski definition) is 0. The molecule has 10 heavy (non-hydrogen) atoms. The molecule has 0 nitrogen and oxygen atoms in total. The molecule has 1 unspecified atom stereocenters. The molecule has 1 saturated carbocycles. The lowest BCUT2D eigenvalue weighted by atomic mass is 10.3. The van der Waals surface area contributed by atoms with Crippen LogP contribution < -0.4 is 0 Å². The van der Waals surface area contributed by atoms with Crippen LogP contribution in [-0.4, -0.2) is 14.3 Å². The van der Waals surface area contributed by atoms with Gasteiger partial charge in [0.15, 0.2) is 0 Å². The summed E-state index contributed by atoms with van der Waals surface area (Å²) in [5.74, 6) is 0. The van der Waals surface area contributed by atoms with E-state index in [-0.39, 0.29) is 4.75 Å². The lowest BCUT2D eigenvalue weighted by Crippen LogP contribution is -2.10. The zero-order valence-electron chi connectivity index (χ0n) is 6.45. The summed E-state index contributed by atoms with van der Waals surface area (Å²) in [4.78, 5) is 0. The molecule has 0 aromatic rings. The highest BCUT2D eigenvalue weighted by Gasteiger charge is 2.53. The van der Waals surface area contributed by atoms with Crippen molar-refractivity contribution in [2.45, 2.75) is 41.5 Å². The van der Waals surface area contributed by atoms with Crippen LogP contribution in [0, 0.1) is 0 Å². The average molecular weight is 199 g/mol.